The van der Waals surface area contributed by atoms with E-state index in [1.165, 1.54) is 37.9 Å². The van der Waals surface area contributed by atoms with Gasteiger partial charge in [-0.25, -0.2) is 0 Å². The molecule has 1 N–H and O–H groups in total. The lowest BCUT2D eigenvalue weighted by molar-refractivity contribution is 0.268. The van der Waals surface area contributed by atoms with Crippen LogP contribution in [0.5, 0.6) is 0 Å². The summed E-state index contributed by atoms with van der Waals surface area (Å²) in [7, 11) is 2.20. The largest absolute Gasteiger partial charge is 0.389 e. The number of nitrogens with one attached hydrogen (secondary N) is 1. The lowest BCUT2D eigenvalue weighted by Crippen LogP contribution is -2.27. The summed E-state index contributed by atoms with van der Waals surface area (Å²) < 4.78 is 0. The van der Waals surface area contributed by atoms with Crippen molar-refractivity contribution in [2.45, 2.75) is 65.8 Å². The molecule has 0 rings (SSSR count). The number of hydrogen-bond donors (Lipinski definition) is 1. The van der Waals surface area contributed by atoms with Crippen molar-refractivity contribution in [1.82, 2.24) is 10.2 Å². The van der Waals surface area contributed by atoms with Gasteiger partial charge in [0, 0.05) is 18.3 Å². The summed E-state index contributed by atoms with van der Waals surface area (Å²) in [6, 6.07) is 0.656. The minimum atomic E-state index is 0.656. The highest BCUT2D eigenvalue weighted by atomic mass is 15.1. The molecule has 2 nitrogen and oxygen atoms in total. The Morgan fingerprint density at radius 2 is 1.78 bits per heavy atom. The van der Waals surface area contributed by atoms with E-state index >= 15 is 0 Å². The van der Waals surface area contributed by atoms with Crippen molar-refractivity contribution >= 4 is 0 Å². The molecule has 0 aliphatic heterocycles. The van der Waals surface area contributed by atoms with Crippen molar-refractivity contribution in [3.8, 4) is 0 Å². The lowest BCUT2D eigenvalue weighted by atomic mass is 10.1. The van der Waals surface area contributed by atoms with Gasteiger partial charge in [0.05, 0.1) is 0 Å². The second-order valence-corrected chi connectivity index (χ2v) is 6.10. The molecule has 0 amide bonds. The third-order valence-corrected chi connectivity index (χ3v) is 3.45. The van der Waals surface area contributed by atoms with Gasteiger partial charge in [-0.2, -0.15) is 0 Å². The second-order valence-electron chi connectivity index (χ2n) is 6.10. The maximum Gasteiger partial charge on any atom is 0.0144 e. The van der Waals surface area contributed by atoms with Crippen LogP contribution in [0.25, 0.3) is 0 Å². The molecule has 0 aliphatic rings. The summed E-state index contributed by atoms with van der Waals surface area (Å²) in [5.41, 5.74) is 1.22. The van der Waals surface area contributed by atoms with Gasteiger partial charge in [0.15, 0.2) is 0 Å². The van der Waals surface area contributed by atoms with Crippen LogP contribution in [0.15, 0.2) is 12.3 Å². The summed E-state index contributed by atoms with van der Waals surface area (Å²) in [5.74, 6) is 0.810. The minimum Gasteiger partial charge on any atom is -0.389 e. The molecule has 18 heavy (non-hydrogen) atoms. The second kappa shape index (κ2) is 10.4. The third kappa shape index (κ3) is 10.6. The number of rotatable bonds is 11. The Kier molecular flexibility index (Phi) is 10.1. The van der Waals surface area contributed by atoms with Crippen molar-refractivity contribution < 1.29 is 0 Å². The van der Waals surface area contributed by atoms with Gasteiger partial charge in [-0.15, -0.1) is 0 Å². The van der Waals surface area contributed by atoms with Crippen LogP contribution in [-0.2, 0) is 0 Å². The molecule has 0 aromatic rings. The Labute approximate surface area is 115 Å². The number of unbranched alkanes of at least 4 members (excludes halogenated alkanes) is 1. The Morgan fingerprint density at radius 1 is 1.11 bits per heavy atom. The highest BCUT2D eigenvalue weighted by molar-refractivity contribution is 4.90. The molecule has 0 unspecified atom stereocenters. The highest BCUT2D eigenvalue weighted by Gasteiger charge is 2.02. The molecule has 0 fully saturated rings. The molecule has 0 atom stereocenters. The molecule has 0 bridgehead atoms. The van der Waals surface area contributed by atoms with Gasteiger partial charge in [-0.1, -0.05) is 26.8 Å². The van der Waals surface area contributed by atoms with E-state index in [2.05, 4.69) is 51.5 Å². The van der Waals surface area contributed by atoms with Gasteiger partial charge in [0.25, 0.3) is 0 Å². The molecular formula is C16H34N2. The maximum atomic E-state index is 4.09. The van der Waals surface area contributed by atoms with E-state index in [1.54, 1.807) is 0 Å². The van der Waals surface area contributed by atoms with Crippen molar-refractivity contribution in [3.63, 3.8) is 0 Å². The fourth-order valence-electron chi connectivity index (χ4n) is 1.82. The first-order chi connectivity index (χ1) is 8.43. The van der Waals surface area contributed by atoms with E-state index < -0.39 is 0 Å². The molecule has 0 heterocycles. The van der Waals surface area contributed by atoms with Crippen LogP contribution < -0.4 is 5.32 Å². The third-order valence-electron chi connectivity index (χ3n) is 3.45. The average molecular weight is 254 g/mol. The Bertz CT molecular complexity index is 209. The highest BCUT2D eigenvalue weighted by Crippen LogP contribution is 2.09. The molecule has 108 valence electrons. The van der Waals surface area contributed by atoms with Gasteiger partial charge in [0.2, 0.25) is 0 Å². The molecular weight excluding hydrogens is 220 g/mol. The van der Waals surface area contributed by atoms with Gasteiger partial charge in [-0.05, 0) is 59.0 Å². The molecule has 0 aliphatic carbocycles. The molecule has 0 radical (unpaired) electrons. The fraction of sp³-hybridized carbons (Fsp3) is 0.875. The van der Waals surface area contributed by atoms with E-state index in [1.807, 2.05) is 0 Å². The Hall–Kier alpha value is -0.500. The van der Waals surface area contributed by atoms with Gasteiger partial charge < -0.3 is 10.2 Å². The first-order valence-corrected chi connectivity index (χ1v) is 7.55. The zero-order valence-electron chi connectivity index (χ0n) is 13.3. The predicted molar refractivity (Wildman–Crippen MR) is 82.8 cm³/mol. The molecule has 2 heteroatoms. The van der Waals surface area contributed by atoms with Gasteiger partial charge >= 0.3 is 0 Å². The van der Waals surface area contributed by atoms with E-state index in [-0.39, 0.29) is 0 Å². The zero-order chi connectivity index (χ0) is 14.0. The van der Waals surface area contributed by atoms with Crippen LogP contribution in [-0.4, -0.2) is 31.1 Å². The topological polar surface area (TPSA) is 15.3 Å². The van der Waals surface area contributed by atoms with Crippen LogP contribution >= 0.6 is 0 Å². The Balaban J connectivity index is 3.35. The number of allylic oxidation sites excluding steroid dienone is 1. The summed E-state index contributed by atoms with van der Waals surface area (Å²) in [4.78, 5) is 2.40. The lowest BCUT2D eigenvalue weighted by Gasteiger charge is -2.20. The van der Waals surface area contributed by atoms with Gasteiger partial charge in [0.1, 0.15) is 0 Å². The first kappa shape index (κ1) is 17.5. The van der Waals surface area contributed by atoms with Crippen molar-refractivity contribution in [2.24, 2.45) is 5.92 Å². The van der Waals surface area contributed by atoms with Crippen LogP contribution in [0.4, 0.5) is 0 Å². The van der Waals surface area contributed by atoms with Crippen molar-refractivity contribution in [2.75, 3.05) is 20.1 Å². The van der Waals surface area contributed by atoms with Crippen molar-refractivity contribution in [3.05, 3.63) is 12.3 Å². The van der Waals surface area contributed by atoms with Crippen molar-refractivity contribution in [1.29, 1.82) is 0 Å². The van der Waals surface area contributed by atoms with E-state index in [9.17, 15) is 0 Å². The van der Waals surface area contributed by atoms with Crippen LogP contribution in [0, 0.1) is 5.92 Å². The SMILES string of the molecule is C=C(CCCC(C)C)NCCCCN(C)C(C)C. The molecule has 0 saturated carbocycles. The number of hydrogen-bond acceptors (Lipinski definition) is 2. The first-order valence-electron chi connectivity index (χ1n) is 7.55. The predicted octanol–water partition coefficient (Wildman–Crippen LogP) is 4.04. The molecule has 0 aromatic heterocycles. The van der Waals surface area contributed by atoms with Crippen LogP contribution in [0.1, 0.15) is 59.8 Å². The summed E-state index contributed by atoms with van der Waals surface area (Å²) in [6.07, 6.45) is 6.20. The number of nitrogens with zero attached hydrogens (tertiary/aromatic N) is 1. The minimum absolute atomic E-state index is 0.656. The van der Waals surface area contributed by atoms with Crippen LogP contribution in [0.3, 0.4) is 0 Å². The maximum absolute atomic E-state index is 4.09. The standard InChI is InChI=1S/C16H34N2/c1-14(2)10-9-11-16(5)17-12-7-8-13-18(6)15(3)4/h14-15,17H,5,7-13H2,1-4,6H3. The monoisotopic (exact) mass is 254 g/mol. The van der Waals surface area contributed by atoms with Crippen LogP contribution in [0.2, 0.25) is 0 Å². The quantitative estimate of drug-likeness (QED) is 0.560. The summed E-state index contributed by atoms with van der Waals surface area (Å²) >= 11 is 0. The smallest absolute Gasteiger partial charge is 0.0144 e. The molecule has 0 aromatic carbocycles. The van der Waals surface area contributed by atoms with E-state index in [0.717, 1.165) is 18.9 Å². The summed E-state index contributed by atoms with van der Waals surface area (Å²) in [6.45, 7) is 15.4. The van der Waals surface area contributed by atoms with E-state index in [0.29, 0.717) is 6.04 Å². The zero-order valence-corrected chi connectivity index (χ0v) is 13.3. The molecule has 0 spiro atoms. The fourth-order valence-corrected chi connectivity index (χ4v) is 1.82. The van der Waals surface area contributed by atoms with Gasteiger partial charge in [-0.3, -0.25) is 0 Å². The van der Waals surface area contributed by atoms with E-state index in [4.69, 9.17) is 0 Å². The Morgan fingerprint density at radius 3 is 2.33 bits per heavy atom. The summed E-state index contributed by atoms with van der Waals surface area (Å²) in [5, 5.41) is 3.45. The molecule has 0 saturated heterocycles. The average Bonchev–Trinajstić information content (AvgIpc) is 2.27. The normalized spacial score (nSPS) is 11.6.